The molecule has 15 heavy (non-hydrogen) atoms. The highest BCUT2D eigenvalue weighted by atomic mass is 79.9. The van der Waals surface area contributed by atoms with Crippen LogP contribution in [0.25, 0.3) is 0 Å². The molecular formula is C10H14BrNOS2. The van der Waals surface area contributed by atoms with Crippen molar-refractivity contribution in [2.45, 2.75) is 31.9 Å². The predicted molar refractivity (Wildman–Crippen MR) is 72.1 cm³/mol. The minimum Gasteiger partial charge on any atom is -0.591 e. The first-order chi connectivity index (χ1) is 6.91. The predicted octanol–water partition coefficient (Wildman–Crippen LogP) is 3.59. The monoisotopic (exact) mass is 307 g/mol. The Hall–Kier alpha value is 0.160. The third kappa shape index (κ3) is 4.26. The van der Waals surface area contributed by atoms with Gasteiger partial charge in [-0.05, 0) is 48.1 Å². The van der Waals surface area contributed by atoms with Gasteiger partial charge >= 0.3 is 0 Å². The molecular weight excluding hydrogens is 294 g/mol. The van der Waals surface area contributed by atoms with Crippen LogP contribution in [0.15, 0.2) is 20.3 Å². The summed E-state index contributed by atoms with van der Waals surface area (Å²) in [7, 11) is 0. The Kier molecular flexibility index (Phi) is 4.83. The number of hydrogen-bond donors (Lipinski definition) is 0. The molecule has 0 N–H and O–H groups in total. The zero-order valence-electron chi connectivity index (χ0n) is 8.99. The molecule has 0 aliphatic rings. The van der Waals surface area contributed by atoms with Gasteiger partial charge < -0.3 is 4.55 Å². The average molecular weight is 308 g/mol. The van der Waals surface area contributed by atoms with Gasteiger partial charge in [0.25, 0.3) is 0 Å². The molecule has 1 rings (SSSR count). The lowest BCUT2D eigenvalue weighted by molar-refractivity contribution is 0.561. The topological polar surface area (TPSA) is 35.4 Å². The van der Waals surface area contributed by atoms with Crippen LogP contribution in [0.2, 0.25) is 0 Å². The van der Waals surface area contributed by atoms with E-state index in [2.05, 4.69) is 20.3 Å². The van der Waals surface area contributed by atoms with E-state index in [1.165, 1.54) is 4.88 Å². The van der Waals surface area contributed by atoms with Gasteiger partial charge in [-0.15, -0.1) is 11.3 Å². The second kappa shape index (κ2) is 5.48. The van der Waals surface area contributed by atoms with E-state index in [4.69, 9.17) is 0 Å². The molecule has 5 heteroatoms. The summed E-state index contributed by atoms with van der Waals surface area (Å²) in [5.74, 6) is 0. The standard InChI is InChI=1S/C10H14BrNOS2/c1-10(2,3)15(13)12-6-4-9-8(11)5-7-14-9/h5-7H,4H2,1-3H3. The molecule has 2 nitrogen and oxygen atoms in total. The largest absolute Gasteiger partial charge is 0.591 e. The first kappa shape index (κ1) is 13.2. The van der Waals surface area contributed by atoms with Crippen molar-refractivity contribution in [2.75, 3.05) is 0 Å². The Morgan fingerprint density at radius 3 is 2.73 bits per heavy atom. The Morgan fingerprint density at radius 1 is 1.60 bits per heavy atom. The van der Waals surface area contributed by atoms with Crippen LogP contribution in [-0.4, -0.2) is 15.5 Å². The fraction of sp³-hybridized carbons (Fsp3) is 0.500. The van der Waals surface area contributed by atoms with Gasteiger partial charge in [-0.2, -0.15) is 0 Å². The molecule has 0 spiro atoms. The van der Waals surface area contributed by atoms with E-state index < -0.39 is 11.4 Å². The summed E-state index contributed by atoms with van der Waals surface area (Å²) in [4.78, 5) is 1.21. The minimum absolute atomic E-state index is 0.275. The summed E-state index contributed by atoms with van der Waals surface area (Å²) in [6.07, 6.45) is 2.47. The van der Waals surface area contributed by atoms with E-state index >= 15 is 0 Å². The van der Waals surface area contributed by atoms with Crippen molar-refractivity contribution in [3.05, 3.63) is 20.8 Å². The quantitative estimate of drug-likeness (QED) is 0.621. The Morgan fingerprint density at radius 2 is 2.27 bits per heavy atom. The Bertz CT molecular complexity index is 343. The maximum Gasteiger partial charge on any atom is 0.144 e. The lowest BCUT2D eigenvalue weighted by Crippen LogP contribution is -2.25. The molecule has 1 aromatic heterocycles. The number of thiophene rings is 1. The highest BCUT2D eigenvalue weighted by molar-refractivity contribution is 9.10. The summed E-state index contributed by atoms with van der Waals surface area (Å²) in [5, 5.41) is 2.02. The number of rotatable bonds is 3. The van der Waals surface area contributed by atoms with Crippen molar-refractivity contribution >= 4 is 44.8 Å². The molecule has 0 amide bonds. The van der Waals surface area contributed by atoms with Crippen LogP contribution in [0.5, 0.6) is 0 Å². The zero-order valence-corrected chi connectivity index (χ0v) is 12.2. The van der Waals surface area contributed by atoms with Gasteiger partial charge in [0.05, 0.1) is 6.21 Å². The molecule has 0 radical (unpaired) electrons. The molecule has 84 valence electrons. The van der Waals surface area contributed by atoms with E-state index in [1.54, 1.807) is 17.6 Å². The normalized spacial score (nSPS) is 14.7. The van der Waals surface area contributed by atoms with Gasteiger partial charge in [-0.25, -0.2) is 0 Å². The zero-order chi connectivity index (χ0) is 11.5. The van der Waals surface area contributed by atoms with Crippen molar-refractivity contribution in [3.63, 3.8) is 0 Å². The van der Waals surface area contributed by atoms with Gasteiger partial charge in [-0.3, -0.25) is 0 Å². The lowest BCUT2D eigenvalue weighted by Gasteiger charge is -2.17. The second-order valence-electron chi connectivity index (χ2n) is 4.05. The van der Waals surface area contributed by atoms with Gasteiger partial charge in [0.15, 0.2) is 0 Å². The summed E-state index contributed by atoms with van der Waals surface area (Å²) in [6, 6.07) is 2.01. The number of nitrogens with zero attached hydrogens (tertiary/aromatic N) is 1. The van der Waals surface area contributed by atoms with E-state index in [9.17, 15) is 4.55 Å². The van der Waals surface area contributed by atoms with Crippen molar-refractivity contribution in [1.29, 1.82) is 0 Å². The summed E-state index contributed by atoms with van der Waals surface area (Å²) >= 11 is 3.97. The first-order valence-corrected chi connectivity index (χ1v) is 7.35. The molecule has 1 atom stereocenters. The van der Waals surface area contributed by atoms with Crippen LogP contribution in [-0.2, 0) is 17.8 Å². The fourth-order valence-corrected chi connectivity index (χ4v) is 2.81. The molecule has 0 aliphatic heterocycles. The molecule has 0 saturated carbocycles. The van der Waals surface area contributed by atoms with Gasteiger partial charge in [0.2, 0.25) is 0 Å². The third-order valence-electron chi connectivity index (χ3n) is 1.66. The van der Waals surface area contributed by atoms with Crippen molar-refractivity contribution < 1.29 is 4.55 Å². The van der Waals surface area contributed by atoms with Crippen LogP contribution in [0.1, 0.15) is 25.6 Å². The SMILES string of the molecule is CC(C)(C)[S+]([O-])N=CCc1sccc1Br. The lowest BCUT2D eigenvalue weighted by atomic mass is 10.3. The van der Waals surface area contributed by atoms with Crippen molar-refractivity contribution in [2.24, 2.45) is 4.40 Å². The molecule has 1 aromatic rings. The summed E-state index contributed by atoms with van der Waals surface area (Å²) in [5.41, 5.74) is 0. The minimum atomic E-state index is -1.15. The second-order valence-corrected chi connectivity index (χ2v) is 7.83. The smallest absolute Gasteiger partial charge is 0.144 e. The number of halogens is 1. The van der Waals surface area contributed by atoms with Crippen molar-refractivity contribution in [3.8, 4) is 0 Å². The van der Waals surface area contributed by atoms with Crippen LogP contribution < -0.4 is 0 Å². The van der Waals surface area contributed by atoms with Crippen LogP contribution >= 0.6 is 27.3 Å². The Labute approximate surface area is 106 Å². The first-order valence-electron chi connectivity index (χ1n) is 4.57. The van der Waals surface area contributed by atoms with Gasteiger partial charge in [0, 0.05) is 15.8 Å². The third-order valence-corrected chi connectivity index (χ3v) is 5.00. The highest BCUT2D eigenvalue weighted by Gasteiger charge is 2.25. The van der Waals surface area contributed by atoms with Crippen LogP contribution in [0.4, 0.5) is 0 Å². The van der Waals surface area contributed by atoms with Crippen LogP contribution in [0.3, 0.4) is 0 Å². The van der Waals surface area contributed by atoms with E-state index in [1.807, 2.05) is 32.2 Å². The maximum atomic E-state index is 11.6. The summed E-state index contributed by atoms with van der Waals surface area (Å²) in [6.45, 7) is 5.75. The number of hydrogen-bond acceptors (Lipinski definition) is 3. The highest BCUT2D eigenvalue weighted by Crippen LogP contribution is 2.23. The van der Waals surface area contributed by atoms with Crippen molar-refractivity contribution in [1.82, 2.24) is 0 Å². The molecule has 0 aliphatic carbocycles. The Balaban J connectivity index is 2.51. The molecule has 1 heterocycles. The van der Waals surface area contributed by atoms with E-state index in [0.717, 1.165) is 10.9 Å². The maximum absolute atomic E-state index is 11.6. The van der Waals surface area contributed by atoms with E-state index in [-0.39, 0.29) is 4.75 Å². The van der Waals surface area contributed by atoms with Gasteiger partial charge in [0.1, 0.15) is 16.1 Å². The molecule has 1 unspecified atom stereocenters. The molecule has 0 fully saturated rings. The average Bonchev–Trinajstić information content (AvgIpc) is 2.50. The van der Waals surface area contributed by atoms with Gasteiger partial charge in [-0.1, -0.05) is 4.40 Å². The molecule has 0 aromatic carbocycles. The van der Waals surface area contributed by atoms with E-state index in [0.29, 0.717) is 0 Å². The summed E-state index contributed by atoms with van der Waals surface area (Å²) < 4.78 is 16.5. The van der Waals surface area contributed by atoms with Crippen LogP contribution in [0, 0.1) is 0 Å². The molecule has 0 saturated heterocycles. The fourth-order valence-electron chi connectivity index (χ4n) is 0.817. The molecule has 0 bridgehead atoms.